The van der Waals surface area contributed by atoms with Gasteiger partial charge in [-0.05, 0) is 26.0 Å². The fourth-order valence-corrected chi connectivity index (χ4v) is 2.63. The molecule has 0 N–H and O–H groups in total. The van der Waals surface area contributed by atoms with Gasteiger partial charge in [0.15, 0.2) is 11.6 Å². The summed E-state index contributed by atoms with van der Waals surface area (Å²) >= 11 is 0. The Morgan fingerprint density at radius 2 is 1.67 bits per heavy atom. The van der Waals surface area contributed by atoms with E-state index >= 15 is 0 Å². The third-order valence-corrected chi connectivity index (χ3v) is 4.00. The van der Waals surface area contributed by atoms with Crippen LogP contribution in [-0.2, 0) is 29.9 Å². The van der Waals surface area contributed by atoms with Gasteiger partial charge in [0.1, 0.15) is 6.42 Å². The first-order valence-electron chi connectivity index (χ1n) is 6.56. The van der Waals surface area contributed by atoms with Crippen LogP contribution in [0.15, 0.2) is 29.2 Å². The maximum Gasteiger partial charge on any atom is 0.313 e. The Balaban J connectivity index is 2.46. The molecule has 0 bridgehead atoms. The average Bonchev–Trinajstić information content (AvgIpc) is 2.38. The smallest absolute Gasteiger partial charge is 0.313 e. The van der Waals surface area contributed by atoms with Crippen molar-refractivity contribution < 1.29 is 23.3 Å². The average molecular weight is 310 g/mol. The van der Waals surface area contributed by atoms with Crippen LogP contribution in [0.4, 0.5) is 0 Å². The number of carbonyl (C=O) groups is 3. The van der Waals surface area contributed by atoms with Crippen molar-refractivity contribution in [1.82, 2.24) is 0 Å². The molecule has 6 heteroatoms. The molecule has 0 aliphatic carbocycles. The van der Waals surface area contributed by atoms with Gasteiger partial charge >= 0.3 is 5.97 Å². The van der Waals surface area contributed by atoms with Gasteiger partial charge in [0, 0.05) is 4.90 Å². The third-order valence-electron chi connectivity index (χ3n) is 2.62. The number of ether oxygens (including phenoxy) is 1. The van der Waals surface area contributed by atoms with E-state index in [1.54, 1.807) is 19.1 Å². The van der Waals surface area contributed by atoms with E-state index in [1.165, 1.54) is 0 Å². The topological polar surface area (TPSA) is 77.5 Å². The summed E-state index contributed by atoms with van der Waals surface area (Å²) in [5.74, 6) is -1.82. The van der Waals surface area contributed by atoms with E-state index in [9.17, 15) is 18.6 Å². The molecule has 1 aromatic carbocycles. The lowest BCUT2D eigenvalue weighted by Crippen LogP contribution is -2.18. The normalized spacial score (nSPS) is 11.7. The van der Waals surface area contributed by atoms with Gasteiger partial charge in [0.25, 0.3) is 0 Å². The van der Waals surface area contributed by atoms with Crippen molar-refractivity contribution in [2.75, 3.05) is 12.4 Å². The zero-order valence-corrected chi connectivity index (χ0v) is 12.9. The predicted octanol–water partition coefficient (Wildman–Crippen LogP) is 1.58. The highest BCUT2D eigenvalue weighted by molar-refractivity contribution is 7.85. The Morgan fingerprint density at radius 1 is 1.05 bits per heavy atom. The van der Waals surface area contributed by atoms with Gasteiger partial charge in [-0.3, -0.25) is 18.6 Å². The molecule has 0 saturated carbocycles. The Kier molecular flexibility index (Phi) is 6.94. The summed E-state index contributed by atoms with van der Waals surface area (Å²) in [5.41, 5.74) is 1.03. The maximum atomic E-state index is 12.0. The largest absolute Gasteiger partial charge is 0.466 e. The molecule has 0 saturated heterocycles. The zero-order valence-electron chi connectivity index (χ0n) is 12.1. The molecule has 0 radical (unpaired) electrons. The van der Waals surface area contributed by atoms with E-state index in [0.717, 1.165) is 5.56 Å². The van der Waals surface area contributed by atoms with E-state index in [2.05, 4.69) is 4.74 Å². The van der Waals surface area contributed by atoms with Gasteiger partial charge in [-0.2, -0.15) is 0 Å². The summed E-state index contributed by atoms with van der Waals surface area (Å²) in [6.45, 7) is 3.74. The molecule has 21 heavy (non-hydrogen) atoms. The zero-order chi connectivity index (χ0) is 15.8. The van der Waals surface area contributed by atoms with Crippen molar-refractivity contribution in [2.45, 2.75) is 31.6 Å². The van der Waals surface area contributed by atoms with Crippen LogP contribution >= 0.6 is 0 Å². The van der Waals surface area contributed by atoms with Crippen LogP contribution in [0.3, 0.4) is 0 Å². The molecule has 0 heterocycles. The third kappa shape index (κ3) is 6.44. The van der Waals surface area contributed by atoms with E-state index in [1.807, 2.05) is 19.1 Å². The van der Waals surface area contributed by atoms with Gasteiger partial charge in [-0.15, -0.1) is 0 Å². The fraction of sp³-hybridized carbons (Fsp3) is 0.400. The number of rotatable bonds is 8. The van der Waals surface area contributed by atoms with Crippen molar-refractivity contribution in [3.8, 4) is 0 Å². The van der Waals surface area contributed by atoms with Crippen molar-refractivity contribution >= 4 is 28.3 Å². The van der Waals surface area contributed by atoms with Crippen LogP contribution < -0.4 is 0 Å². The second-order valence-corrected chi connectivity index (χ2v) is 5.99. The molecular weight excluding hydrogens is 292 g/mol. The summed E-state index contributed by atoms with van der Waals surface area (Å²) in [6, 6.07) is 7.01. The first-order valence-corrected chi connectivity index (χ1v) is 7.88. The molecule has 0 aliphatic rings. The number of Topliss-reactive ketones (excluding diaryl/α,β-unsaturated/α-hetero) is 2. The number of esters is 1. The predicted molar refractivity (Wildman–Crippen MR) is 78.3 cm³/mol. The standard InChI is InChI=1S/C15H18O5S/c1-3-20-15(18)9-12(16)8-13(17)10-21(19)14-6-4-11(2)5-7-14/h4-7H,3,8-10H2,1-2H3/t21-/m1/s1. The molecule has 1 rings (SSSR count). The van der Waals surface area contributed by atoms with Gasteiger partial charge in [-0.25, -0.2) is 0 Å². The SMILES string of the molecule is CCOC(=O)CC(=O)CC(=O)C[S@@](=O)c1ccc(C)cc1. The number of ketones is 2. The highest BCUT2D eigenvalue weighted by atomic mass is 32.2. The minimum absolute atomic E-state index is 0.192. The fourth-order valence-electron chi connectivity index (χ4n) is 1.63. The van der Waals surface area contributed by atoms with E-state index in [4.69, 9.17) is 0 Å². The molecule has 0 amide bonds. The van der Waals surface area contributed by atoms with Gasteiger partial charge < -0.3 is 4.74 Å². The summed E-state index contributed by atoms with van der Waals surface area (Å²) in [5, 5.41) is 0. The molecule has 0 aliphatic heterocycles. The monoisotopic (exact) mass is 310 g/mol. The van der Waals surface area contributed by atoms with Crippen LogP contribution in [0.5, 0.6) is 0 Å². The Morgan fingerprint density at radius 3 is 2.24 bits per heavy atom. The molecule has 1 atom stereocenters. The second kappa shape index (κ2) is 8.46. The summed E-state index contributed by atoms with van der Waals surface area (Å²) < 4.78 is 16.6. The Bertz CT molecular complexity index is 548. The first kappa shape index (κ1) is 17.2. The van der Waals surface area contributed by atoms with Crippen LogP contribution in [-0.4, -0.2) is 34.1 Å². The summed E-state index contributed by atoms with van der Waals surface area (Å²) in [4.78, 5) is 34.8. The highest BCUT2D eigenvalue weighted by Gasteiger charge is 2.17. The minimum atomic E-state index is -1.47. The number of hydrogen-bond acceptors (Lipinski definition) is 5. The van der Waals surface area contributed by atoms with Crippen LogP contribution in [0.1, 0.15) is 25.3 Å². The first-order chi connectivity index (χ1) is 9.92. The van der Waals surface area contributed by atoms with Crippen LogP contribution in [0, 0.1) is 6.92 Å². The number of hydrogen-bond donors (Lipinski definition) is 0. The molecular formula is C15H18O5S. The van der Waals surface area contributed by atoms with Crippen molar-refractivity contribution in [3.05, 3.63) is 29.8 Å². The highest BCUT2D eigenvalue weighted by Crippen LogP contribution is 2.09. The molecule has 0 unspecified atom stereocenters. The lowest BCUT2D eigenvalue weighted by molar-refractivity contribution is -0.145. The number of aryl methyl sites for hydroxylation is 1. The van der Waals surface area contributed by atoms with E-state index < -0.39 is 41.2 Å². The number of carbonyl (C=O) groups excluding carboxylic acids is 3. The van der Waals surface area contributed by atoms with Crippen LogP contribution in [0.25, 0.3) is 0 Å². The summed E-state index contributed by atoms with van der Waals surface area (Å²) in [6.07, 6.45) is -0.812. The van der Waals surface area contributed by atoms with Crippen molar-refractivity contribution in [2.24, 2.45) is 0 Å². The van der Waals surface area contributed by atoms with Crippen molar-refractivity contribution in [3.63, 3.8) is 0 Å². The minimum Gasteiger partial charge on any atom is -0.466 e. The lowest BCUT2D eigenvalue weighted by atomic mass is 10.2. The molecule has 0 aromatic heterocycles. The van der Waals surface area contributed by atoms with Crippen LogP contribution in [0.2, 0.25) is 0 Å². The molecule has 0 spiro atoms. The van der Waals surface area contributed by atoms with Gasteiger partial charge in [0.2, 0.25) is 0 Å². The Labute approximate surface area is 126 Å². The lowest BCUT2D eigenvalue weighted by Gasteiger charge is -2.03. The van der Waals surface area contributed by atoms with Gasteiger partial charge in [0.05, 0.1) is 29.6 Å². The Hall–Kier alpha value is -1.82. The number of benzene rings is 1. The van der Waals surface area contributed by atoms with E-state index in [0.29, 0.717) is 4.90 Å². The summed E-state index contributed by atoms with van der Waals surface area (Å²) in [7, 11) is -1.47. The van der Waals surface area contributed by atoms with E-state index in [-0.39, 0.29) is 12.4 Å². The molecule has 0 fully saturated rings. The maximum absolute atomic E-state index is 12.0. The molecule has 1 aromatic rings. The molecule has 5 nitrogen and oxygen atoms in total. The van der Waals surface area contributed by atoms with Gasteiger partial charge in [-0.1, -0.05) is 17.7 Å². The van der Waals surface area contributed by atoms with Crippen molar-refractivity contribution in [1.29, 1.82) is 0 Å². The molecule has 114 valence electrons. The quantitative estimate of drug-likeness (QED) is 0.538. The second-order valence-electron chi connectivity index (χ2n) is 4.54.